The molecule has 0 spiro atoms. The van der Waals surface area contributed by atoms with E-state index in [2.05, 4.69) is 11.6 Å². The monoisotopic (exact) mass is 373 g/mol. The molecule has 0 radical (unpaired) electrons. The Hall–Kier alpha value is -3.09. The SMILES string of the molecule is C=CCC(Cc1c(C(=O)OCC)[nH]c2ccccc12)(C(=O)OC)C(=O)OC. The van der Waals surface area contributed by atoms with Crippen molar-refractivity contribution in [2.45, 2.75) is 19.8 Å². The summed E-state index contributed by atoms with van der Waals surface area (Å²) in [5.74, 6) is -2.07. The number of aromatic amines is 1. The van der Waals surface area contributed by atoms with Crippen molar-refractivity contribution in [2.75, 3.05) is 20.8 Å². The van der Waals surface area contributed by atoms with Crippen LogP contribution in [0, 0.1) is 5.41 Å². The van der Waals surface area contributed by atoms with Crippen molar-refractivity contribution >= 4 is 28.8 Å². The molecule has 1 aromatic heterocycles. The lowest BCUT2D eigenvalue weighted by atomic mass is 9.77. The molecule has 7 nitrogen and oxygen atoms in total. The molecule has 2 aromatic rings. The third-order valence-corrected chi connectivity index (χ3v) is 4.42. The lowest BCUT2D eigenvalue weighted by Crippen LogP contribution is -2.43. The summed E-state index contributed by atoms with van der Waals surface area (Å²) in [5.41, 5.74) is -0.281. The standard InChI is InChI=1S/C20H23NO6/c1-5-11-20(18(23)25-3,19(24)26-4)12-14-13-9-7-8-10-15(13)21-16(14)17(22)27-6-2/h5,7-10,21H,1,6,11-12H2,2-4H3. The number of hydrogen-bond acceptors (Lipinski definition) is 6. The van der Waals surface area contributed by atoms with E-state index >= 15 is 0 Å². The summed E-state index contributed by atoms with van der Waals surface area (Å²) in [6, 6.07) is 7.22. The molecule has 0 saturated carbocycles. The molecule has 1 aromatic carbocycles. The van der Waals surface area contributed by atoms with Crippen LogP contribution in [0.2, 0.25) is 0 Å². The fraction of sp³-hybridized carbons (Fsp3) is 0.350. The largest absolute Gasteiger partial charge is 0.468 e. The minimum atomic E-state index is -1.66. The second-order valence-corrected chi connectivity index (χ2v) is 5.98. The molecule has 0 amide bonds. The minimum absolute atomic E-state index is 0.00583. The summed E-state index contributed by atoms with van der Waals surface area (Å²) >= 11 is 0. The van der Waals surface area contributed by atoms with Crippen LogP contribution in [0.5, 0.6) is 0 Å². The van der Waals surface area contributed by atoms with Gasteiger partial charge in [-0.2, -0.15) is 0 Å². The highest BCUT2D eigenvalue weighted by Gasteiger charge is 2.48. The lowest BCUT2D eigenvalue weighted by Gasteiger charge is -2.27. The Morgan fingerprint density at radius 3 is 2.33 bits per heavy atom. The zero-order chi connectivity index (χ0) is 20.0. The second-order valence-electron chi connectivity index (χ2n) is 5.98. The van der Waals surface area contributed by atoms with Crippen LogP contribution < -0.4 is 0 Å². The topological polar surface area (TPSA) is 94.7 Å². The van der Waals surface area contributed by atoms with Crippen molar-refractivity contribution in [3.8, 4) is 0 Å². The zero-order valence-electron chi connectivity index (χ0n) is 15.7. The van der Waals surface area contributed by atoms with Gasteiger partial charge in [0.25, 0.3) is 0 Å². The third kappa shape index (κ3) is 3.72. The number of carbonyl (C=O) groups excluding carboxylic acids is 3. The van der Waals surface area contributed by atoms with Gasteiger partial charge >= 0.3 is 17.9 Å². The van der Waals surface area contributed by atoms with Gasteiger partial charge in [-0.1, -0.05) is 24.3 Å². The zero-order valence-corrected chi connectivity index (χ0v) is 15.7. The van der Waals surface area contributed by atoms with Crippen LogP contribution in [0.15, 0.2) is 36.9 Å². The number of H-pyrrole nitrogens is 1. The molecule has 27 heavy (non-hydrogen) atoms. The molecule has 0 saturated heterocycles. The molecule has 1 N–H and O–H groups in total. The first-order chi connectivity index (χ1) is 12.9. The van der Waals surface area contributed by atoms with E-state index in [0.717, 1.165) is 0 Å². The number of nitrogens with one attached hydrogen (secondary N) is 1. The Kier molecular flexibility index (Phi) is 6.39. The van der Waals surface area contributed by atoms with Gasteiger partial charge in [-0.05, 0) is 25.0 Å². The van der Waals surface area contributed by atoms with Crippen LogP contribution in [0.3, 0.4) is 0 Å². The predicted molar refractivity (Wildman–Crippen MR) is 99.2 cm³/mol. The molecule has 1 heterocycles. The molecule has 0 bridgehead atoms. The van der Waals surface area contributed by atoms with E-state index in [1.807, 2.05) is 6.07 Å². The van der Waals surface area contributed by atoms with Crippen molar-refractivity contribution in [1.29, 1.82) is 0 Å². The molecule has 7 heteroatoms. The quantitative estimate of drug-likeness (QED) is 0.331. The highest BCUT2D eigenvalue weighted by molar-refractivity contribution is 6.03. The average molecular weight is 373 g/mol. The van der Waals surface area contributed by atoms with Crippen molar-refractivity contribution < 1.29 is 28.6 Å². The summed E-state index contributed by atoms with van der Waals surface area (Å²) in [7, 11) is 2.40. The maximum absolute atomic E-state index is 12.6. The molecular formula is C20H23NO6. The van der Waals surface area contributed by atoms with Crippen LogP contribution in [0.4, 0.5) is 0 Å². The van der Waals surface area contributed by atoms with Gasteiger partial charge < -0.3 is 19.2 Å². The second kappa shape index (κ2) is 8.53. The first-order valence-corrected chi connectivity index (χ1v) is 8.49. The van der Waals surface area contributed by atoms with E-state index in [4.69, 9.17) is 14.2 Å². The summed E-state index contributed by atoms with van der Waals surface area (Å²) in [4.78, 5) is 40.7. The summed E-state index contributed by atoms with van der Waals surface area (Å²) in [6.45, 7) is 5.54. The Bertz CT molecular complexity index is 850. The van der Waals surface area contributed by atoms with E-state index in [1.54, 1.807) is 25.1 Å². The Balaban J connectivity index is 2.69. The number of hydrogen-bond donors (Lipinski definition) is 1. The smallest absolute Gasteiger partial charge is 0.355 e. The maximum atomic E-state index is 12.6. The van der Waals surface area contributed by atoms with Crippen molar-refractivity contribution in [3.63, 3.8) is 0 Å². The van der Waals surface area contributed by atoms with Crippen molar-refractivity contribution in [1.82, 2.24) is 4.98 Å². The number of carbonyl (C=O) groups is 3. The van der Waals surface area contributed by atoms with Gasteiger partial charge in [-0.25, -0.2) is 4.79 Å². The van der Waals surface area contributed by atoms with Gasteiger partial charge in [0, 0.05) is 17.3 Å². The van der Waals surface area contributed by atoms with E-state index in [1.165, 1.54) is 20.3 Å². The molecule has 0 aliphatic rings. The molecule has 0 fully saturated rings. The Labute approximate surface area is 157 Å². The van der Waals surface area contributed by atoms with Gasteiger partial charge in [0.1, 0.15) is 5.69 Å². The Morgan fingerprint density at radius 2 is 1.78 bits per heavy atom. The third-order valence-electron chi connectivity index (χ3n) is 4.42. The molecule has 0 aliphatic heterocycles. The van der Waals surface area contributed by atoms with Crippen LogP contribution >= 0.6 is 0 Å². The van der Waals surface area contributed by atoms with Crippen molar-refractivity contribution in [2.24, 2.45) is 5.41 Å². The van der Waals surface area contributed by atoms with E-state index in [0.29, 0.717) is 16.5 Å². The first-order valence-electron chi connectivity index (χ1n) is 8.49. The number of methoxy groups -OCH3 is 2. The number of allylic oxidation sites excluding steroid dienone is 1. The number of esters is 3. The highest BCUT2D eigenvalue weighted by atomic mass is 16.5. The Morgan fingerprint density at radius 1 is 1.15 bits per heavy atom. The van der Waals surface area contributed by atoms with Gasteiger partial charge in [0.15, 0.2) is 5.41 Å². The number of rotatable bonds is 8. The minimum Gasteiger partial charge on any atom is -0.468 e. The van der Waals surface area contributed by atoms with E-state index in [9.17, 15) is 14.4 Å². The van der Waals surface area contributed by atoms with Crippen LogP contribution in [-0.2, 0) is 30.2 Å². The van der Waals surface area contributed by atoms with Gasteiger partial charge in [-0.3, -0.25) is 9.59 Å². The van der Waals surface area contributed by atoms with Gasteiger partial charge in [-0.15, -0.1) is 6.58 Å². The maximum Gasteiger partial charge on any atom is 0.355 e. The fourth-order valence-corrected chi connectivity index (χ4v) is 3.17. The molecule has 144 valence electrons. The summed E-state index contributed by atoms with van der Waals surface area (Å²) in [5, 5.41) is 0.710. The molecule has 2 rings (SSSR count). The van der Waals surface area contributed by atoms with Crippen LogP contribution in [0.1, 0.15) is 29.4 Å². The summed E-state index contributed by atoms with van der Waals surface area (Å²) in [6.07, 6.45) is 1.34. The van der Waals surface area contributed by atoms with Gasteiger partial charge in [0.05, 0.1) is 20.8 Å². The average Bonchev–Trinajstić information content (AvgIpc) is 3.05. The van der Waals surface area contributed by atoms with E-state index < -0.39 is 23.3 Å². The molecular weight excluding hydrogens is 350 g/mol. The number of aromatic nitrogens is 1. The molecule has 0 atom stereocenters. The first kappa shape index (κ1) is 20.2. The number of fused-ring (bicyclic) bond motifs is 1. The predicted octanol–water partition coefficient (Wildman–Crippen LogP) is 2.80. The van der Waals surface area contributed by atoms with E-state index in [-0.39, 0.29) is 25.1 Å². The van der Waals surface area contributed by atoms with Gasteiger partial charge in [0.2, 0.25) is 0 Å². The molecule has 0 unspecified atom stereocenters. The van der Waals surface area contributed by atoms with Crippen molar-refractivity contribution in [3.05, 3.63) is 48.2 Å². The van der Waals surface area contributed by atoms with Crippen LogP contribution in [0.25, 0.3) is 10.9 Å². The number of benzene rings is 1. The lowest BCUT2D eigenvalue weighted by molar-refractivity contribution is -0.168. The normalized spacial score (nSPS) is 11.1. The fourth-order valence-electron chi connectivity index (χ4n) is 3.17. The number of ether oxygens (including phenoxy) is 3. The van der Waals surface area contributed by atoms with Crippen LogP contribution in [-0.4, -0.2) is 43.7 Å². The highest BCUT2D eigenvalue weighted by Crippen LogP contribution is 2.35. The number of para-hydroxylation sites is 1. The summed E-state index contributed by atoms with van der Waals surface area (Å²) < 4.78 is 14.9. The molecule has 0 aliphatic carbocycles.